The van der Waals surface area contributed by atoms with Crippen LogP contribution < -0.4 is 5.32 Å². The van der Waals surface area contributed by atoms with Crippen molar-refractivity contribution >= 4 is 17.3 Å². The maximum absolute atomic E-state index is 11.5. The first-order chi connectivity index (χ1) is 8.54. The van der Waals surface area contributed by atoms with Gasteiger partial charge in [-0.1, -0.05) is 0 Å². The van der Waals surface area contributed by atoms with E-state index < -0.39 is 10.8 Å². The third-order valence-electron chi connectivity index (χ3n) is 2.13. The molecule has 0 bridgehead atoms. The van der Waals surface area contributed by atoms with Crippen LogP contribution in [0.2, 0.25) is 0 Å². The highest BCUT2D eigenvalue weighted by atomic mass is 16.6. The Balaban J connectivity index is 2.73. The van der Waals surface area contributed by atoms with E-state index in [1.165, 1.54) is 6.07 Å². The summed E-state index contributed by atoms with van der Waals surface area (Å²) in [4.78, 5) is 21.6. The van der Waals surface area contributed by atoms with Gasteiger partial charge in [0.2, 0.25) is 5.91 Å². The number of phenols is 1. The number of carbonyl (C=O) groups excluding carboxylic acids is 1. The van der Waals surface area contributed by atoms with Crippen molar-refractivity contribution in [3.63, 3.8) is 0 Å². The van der Waals surface area contributed by atoms with E-state index in [1.54, 1.807) is 6.92 Å². The lowest BCUT2D eigenvalue weighted by Gasteiger charge is -2.06. The highest BCUT2D eigenvalue weighted by Crippen LogP contribution is 2.28. The van der Waals surface area contributed by atoms with E-state index >= 15 is 0 Å². The number of amides is 1. The van der Waals surface area contributed by atoms with Gasteiger partial charge in [-0.3, -0.25) is 14.9 Å². The summed E-state index contributed by atoms with van der Waals surface area (Å²) < 4.78 is 5.00. The Morgan fingerprint density at radius 2 is 2.28 bits per heavy atom. The summed E-state index contributed by atoms with van der Waals surface area (Å²) in [5.41, 5.74) is -0.293. The van der Waals surface area contributed by atoms with E-state index in [0.29, 0.717) is 6.61 Å². The minimum absolute atomic E-state index is 0.0264. The molecular formula is C11H14N2O5. The predicted molar refractivity (Wildman–Crippen MR) is 64.5 cm³/mol. The fourth-order valence-electron chi connectivity index (χ4n) is 1.31. The van der Waals surface area contributed by atoms with Gasteiger partial charge in [-0.2, -0.15) is 0 Å². The Kier molecular flexibility index (Phi) is 5.06. The van der Waals surface area contributed by atoms with Crippen molar-refractivity contribution in [3.8, 4) is 5.75 Å². The number of nitro benzene ring substituents is 1. The number of rotatable bonds is 6. The molecule has 18 heavy (non-hydrogen) atoms. The smallest absolute Gasteiger partial charge is 0.293 e. The number of aromatic hydroxyl groups is 1. The van der Waals surface area contributed by atoms with Gasteiger partial charge in [-0.05, 0) is 13.0 Å². The molecule has 0 fully saturated rings. The Labute approximate surface area is 104 Å². The molecule has 98 valence electrons. The second kappa shape index (κ2) is 6.55. The number of hydrogen-bond donors (Lipinski definition) is 2. The molecule has 0 unspecified atom stereocenters. The maximum atomic E-state index is 11.5. The van der Waals surface area contributed by atoms with Crippen molar-refractivity contribution in [2.45, 2.75) is 13.3 Å². The SMILES string of the molecule is CCOCCC(=O)Nc1cc(O)ccc1[N+](=O)[O-]. The number of nitrogens with zero attached hydrogens (tertiary/aromatic N) is 1. The molecule has 0 spiro atoms. The molecular weight excluding hydrogens is 240 g/mol. The van der Waals surface area contributed by atoms with Gasteiger partial charge in [0.1, 0.15) is 11.4 Å². The number of hydrogen-bond acceptors (Lipinski definition) is 5. The van der Waals surface area contributed by atoms with E-state index in [0.717, 1.165) is 12.1 Å². The summed E-state index contributed by atoms with van der Waals surface area (Å²) in [6, 6.07) is 3.46. The van der Waals surface area contributed by atoms with Crippen LogP contribution in [0.3, 0.4) is 0 Å². The maximum Gasteiger partial charge on any atom is 0.293 e. The lowest BCUT2D eigenvalue weighted by Crippen LogP contribution is -2.15. The van der Waals surface area contributed by atoms with Crippen LogP contribution in [-0.2, 0) is 9.53 Å². The van der Waals surface area contributed by atoms with Gasteiger partial charge in [0.25, 0.3) is 5.69 Å². The lowest BCUT2D eigenvalue weighted by atomic mass is 10.2. The zero-order valence-electron chi connectivity index (χ0n) is 9.88. The van der Waals surface area contributed by atoms with Gasteiger partial charge in [0.15, 0.2) is 0 Å². The van der Waals surface area contributed by atoms with Gasteiger partial charge in [0.05, 0.1) is 18.0 Å². The highest BCUT2D eigenvalue weighted by molar-refractivity contribution is 5.93. The van der Waals surface area contributed by atoms with Crippen molar-refractivity contribution in [1.82, 2.24) is 0 Å². The van der Waals surface area contributed by atoms with Gasteiger partial charge in [0, 0.05) is 18.7 Å². The zero-order valence-corrected chi connectivity index (χ0v) is 9.88. The number of phenolic OH excluding ortho intramolecular Hbond substituents is 1. The van der Waals surface area contributed by atoms with E-state index in [1.807, 2.05) is 0 Å². The second-order valence-electron chi connectivity index (χ2n) is 3.45. The molecule has 0 aliphatic rings. The molecule has 0 atom stereocenters. The van der Waals surface area contributed by atoms with Gasteiger partial charge < -0.3 is 15.2 Å². The van der Waals surface area contributed by atoms with Crippen LogP contribution in [0.4, 0.5) is 11.4 Å². The summed E-state index contributed by atoms with van der Waals surface area (Å²) in [5.74, 6) is -0.558. The largest absolute Gasteiger partial charge is 0.508 e. The molecule has 7 heteroatoms. The average Bonchev–Trinajstić information content (AvgIpc) is 2.29. The molecule has 7 nitrogen and oxygen atoms in total. The molecule has 1 rings (SSSR count). The van der Waals surface area contributed by atoms with Crippen molar-refractivity contribution in [1.29, 1.82) is 0 Å². The highest BCUT2D eigenvalue weighted by Gasteiger charge is 2.16. The Morgan fingerprint density at radius 1 is 1.56 bits per heavy atom. The topological polar surface area (TPSA) is 102 Å². The van der Waals surface area contributed by atoms with Crippen LogP contribution in [0.15, 0.2) is 18.2 Å². The van der Waals surface area contributed by atoms with Crippen LogP contribution in [0.25, 0.3) is 0 Å². The zero-order chi connectivity index (χ0) is 13.5. The minimum atomic E-state index is -0.627. The van der Waals surface area contributed by atoms with Crippen LogP contribution >= 0.6 is 0 Å². The van der Waals surface area contributed by atoms with Crippen molar-refractivity contribution in [2.75, 3.05) is 18.5 Å². The lowest BCUT2D eigenvalue weighted by molar-refractivity contribution is -0.384. The molecule has 1 aromatic rings. The predicted octanol–water partition coefficient (Wildman–Crippen LogP) is 1.67. The fraction of sp³-hybridized carbons (Fsp3) is 0.364. The van der Waals surface area contributed by atoms with Gasteiger partial charge in [-0.25, -0.2) is 0 Å². The molecule has 0 saturated carbocycles. The number of anilines is 1. The van der Waals surface area contributed by atoms with E-state index in [9.17, 15) is 20.0 Å². The molecule has 0 radical (unpaired) electrons. The fourth-order valence-corrected chi connectivity index (χ4v) is 1.31. The second-order valence-corrected chi connectivity index (χ2v) is 3.45. The third-order valence-corrected chi connectivity index (χ3v) is 2.13. The molecule has 0 saturated heterocycles. The van der Waals surface area contributed by atoms with Crippen molar-refractivity contribution in [3.05, 3.63) is 28.3 Å². The summed E-state index contributed by atoms with van der Waals surface area (Å²) in [6.07, 6.45) is 0.0979. The molecule has 1 aromatic carbocycles. The first kappa shape index (κ1) is 13.9. The molecule has 1 amide bonds. The molecule has 0 heterocycles. The molecule has 0 aromatic heterocycles. The van der Waals surface area contributed by atoms with Gasteiger partial charge in [-0.15, -0.1) is 0 Å². The molecule has 0 aliphatic carbocycles. The Hall–Kier alpha value is -2.15. The van der Waals surface area contributed by atoms with Crippen LogP contribution in [-0.4, -0.2) is 29.2 Å². The number of nitro groups is 1. The third kappa shape index (κ3) is 4.02. The van der Waals surface area contributed by atoms with E-state index in [-0.39, 0.29) is 30.2 Å². The summed E-state index contributed by atoms with van der Waals surface area (Å²) in [7, 11) is 0. The van der Waals surface area contributed by atoms with E-state index in [2.05, 4.69) is 5.32 Å². The minimum Gasteiger partial charge on any atom is -0.508 e. The number of carbonyl (C=O) groups is 1. The van der Waals surface area contributed by atoms with E-state index in [4.69, 9.17) is 4.74 Å². The van der Waals surface area contributed by atoms with Crippen molar-refractivity contribution in [2.24, 2.45) is 0 Å². The monoisotopic (exact) mass is 254 g/mol. The quantitative estimate of drug-likeness (QED) is 0.456. The normalized spacial score (nSPS) is 10.1. The summed E-state index contributed by atoms with van der Waals surface area (Å²) in [6.45, 7) is 2.55. The standard InChI is InChI=1S/C11H14N2O5/c1-2-18-6-5-11(15)12-9-7-8(14)3-4-10(9)13(16)17/h3-4,7,14H,2,5-6H2,1H3,(H,12,15). The first-order valence-electron chi connectivity index (χ1n) is 5.39. The Morgan fingerprint density at radius 3 is 2.89 bits per heavy atom. The van der Waals surface area contributed by atoms with Crippen LogP contribution in [0, 0.1) is 10.1 Å². The molecule has 2 N–H and O–H groups in total. The van der Waals surface area contributed by atoms with Gasteiger partial charge >= 0.3 is 0 Å². The average molecular weight is 254 g/mol. The first-order valence-corrected chi connectivity index (χ1v) is 5.39. The number of ether oxygens (including phenoxy) is 1. The summed E-state index contributed by atoms with van der Waals surface area (Å²) in [5, 5.41) is 22.3. The number of benzene rings is 1. The van der Waals surface area contributed by atoms with Crippen LogP contribution in [0.5, 0.6) is 5.75 Å². The van der Waals surface area contributed by atoms with Crippen molar-refractivity contribution < 1.29 is 19.6 Å². The Bertz CT molecular complexity index is 447. The van der Waals surface area contributed by atoms with Crippen LogP contribution in [0.1, 0.15) is 13.3 Å². The molecule has 0 aliphatic heterocycles. The summed E-state index contributed by atoms with van der Waals surface area (Å²) >= 11 is 0. The number of nitrogens with one attached hydrogen (secondary N) is 1.